The lowest BCUT2D eigenvalue weighted by molar-refractivity contribution is -0.142. The first kappa shape index (κ1) is 20.9. The molecular formula is C26H31N3O4. The van der Waals surface area contributed by atoms with E-state index in [1.807, 2.05) is 42.5 Å². The van der Waals surface area contributed by atoms with Gasteiger partial charge in [0.1, 0.15) is 11.6 Å². The van der Waals surface area contributed by atoms with Gasteiger partial charge >= 0.3 is 0 Å². The molecule has 0 aromatic heterocycles. The molecule has 2 aliphatic carbocycles. The second-order valence-corrected chi connectivity index (χ2v) is 10.3. The molecule has 33 heavy (non-hydrogen) atoms. The molecule has 0 unspecified atom stereocenters. The van der Waals surface area contributed by atoms with Crippen molar-refractivity contribution in [3.05, 3.63) is 48.0 Å². The molecule has 2 bridgehead atoms. The molecule has 3 aliphatic heterocycles. The van der Waals surface area contributed by atoms with Crippen LogP contribution in [0.5, 0.6) is 0 Å². The zero-order valence-electron chi connectivity index (χ0n) is 18.7. The van der Waals surface area contributed by atoms with E-state index in [4.69, 9.17) is 4.74 Å². The summed E-state index contributed by atoms with van der Waals surface area (Å²) in [6.45, 7) is 0.319. The summed E-state index contributed by atoms with van der Waals surface area (Å²) >= 11 is 0. The van der Waals surface area contributed by atoms with E-state index in [1.165, 1.54) is 6.42 Å². The predicted molar refractivity (Wildman–Crippen MR) is 121 cm³/mol. The molecule has 6 rings (SSSR count). The highest BCUT2D eigenvalue weighted by Crippen LogP contribution is 2.55. The van der Waals surface area contributed by atoms with E-state index in [2.05, 4.69) is 10.6 Å². The smallest absolute Gasteiger partial charge is 0.246 e. The van der Waals surface area contributed by atoms with E-state index in [0.29, 0.717) is 6.54 Å². The largest absolute Gasteiger partial charge is 0.359 e. The van der Waals surface area contributed by atoms with Gasteiger partial charge in [0, 0.05) is 18.6 Å². The average Bonchev–Trinajstić information content (AvgIpc) is 3.37. The van der Waals surface area contributed by atoms with E-state index in [0.717, 1.165) is 44.1 Å². The van der Waals surface area contributed by atoms with Crippen molar-refractivity contribution in [3.8, 4) is 0 Å². The van der Waals surface area contributed by atoms with Gasteiger partial charge in [-0.1, -0.05) is 61.7 Å². The van der Waals surface area contributed by atoms with Gasteiger partial charge in [0.15, 0.2) is 0 Å². The molecule has 1 spiro atoms. The van der Waals surface area contributed by atoms with Crippen LogP contribution in [-0.2, 0) is 25.7 Å². The van der Waals surface area contributed by atoms with Crippen molar-refractivity contribution in [1.82, 2.24) is 15.5 Å². The fourth-order valence-corrected chi connectivity index (χ4v) is 6.27. The fraction of sp³-hybridized carbons (Fsp3) is 0.577. The van der Waals surface area contributed by atoms with Gasteiger partial charge in [-0.2, -0.15) is 0 Å². The molecule has 0 radical (unpaired) electrons. The quantitative estimate of drug-likeness (QED) is 0.651. The minimum Gasteiger partial charge on any atom is -0.359 e. The van der Waals surface area contributed by atoms with Crippen molar-refractivity contribution in [3.63, 3.8) is 0 Å². The van der Waals surface area contributed by atoms with Gasteiger partial charge < -0.3 is 20.3 Å². The number of ether oxygens (including phenoxy) is 1. The third kappa shape index (κ3) is 3.48. The summed E-state index contributed by atoms with van der Waals surface area (Å²) in [5.41, 5.74) is -0.129. The van der Waals surface area contributed by atoms with Crippen LogP contribution < -0.4 is 10.6 Å². The number of carbonyl (C=O) groups is 3. The Labute approximate surface area is 193 Å². The Morgan fingerprint density at radius 1 is 0.970 bits per heavy atom. The van der Waals surface area contributed by atoms with Gasteiger partial charge in [-0.05, 0) is 31.2 Å². The van der Waals surface area contributed by atoms with Gasteiger partial charge in [0.2, 0.25) is 17.7 Å². The summed E-state index contributed by atoms with van der Waals surface area (Å²) in [7, 11) is 0. The second kappa shape index (κ2) is 7.97. The van der Waals surface area contributed by atoms with E-state index < -0.39 is 29.6 Å². The Bertz CT molecular complexity index is 985. The number of nitrogens with one attached hydrogen (secondary N) is 2. The van der Waals surface area contributed by atoms with Crippen LogP contribution in [0, 0.1) is 11.8 Å². The zero-order chi connectivity index (χ0) is 22.6. The fourth-order valence-electron chi connectivity index (χ4n) is 6.27. The molecule has 1 aromatic rings. The van der Waals surface area contributed by atoms with Crippen molar-refractivity contribution in [2.75, 3.05) is 0 Å². The van der Waals surface area contributed by atoms with Crippen LogP contribution >= 0.6 is 0 Å². The summed E-state index contributed by atoms with van der Waals surface area (Å²) in [6.07, 6.45) is 10.6. The molecular weight excluding hydrogens is 418 g/mol. The molecule has 1 aromatic carbocycles. The molecule has 174 valence electrons. The number of likely N-dealkylation sites (tertiary alicyclic amines) is 1. The minimum absolute atomic E-state index is 0.125. The summed E-state index contributed by atoms with van der Waals surface area (Å²) in [4.78, 5) is 42.4. The van der Waals surface area contributed by atoms with Crippen molar-refractivity contribution >= 4 is 17.7 Å². The van der Waals surface area contributed by atoms with Crippen LogP contribution in [0.1, 0.15) is 50.5 Å². The molecule has 5 aliphatic rings. The molecule has 5 atom stereocenters. The maximum Gasteiger partial charge on any atom is 0.246 e. The zero-order valence-corrected chi connectivity index (χ0v) is 18.7. The first-order chi connectivity index (χ1) is 16.1. The summed E-state index contributed by atoms with van der Waals surface area (Å²) in [5.74, 6) is -1.71. The van der Waals surface area contributed by atoms with Crippen LogP contribution in [0.4, 0.5) is 0 Å². The lowest BCUT2D eigenvalue weighted by atomic mass is 9.74. The van der Waals surface area contributed by atoms with Gasteiger partial charge in [-0.3, -0.25) is 14.4 Å². The SMILES string of the molecule is O=C(NC1CC1)[C@H]1[C@H]2C(=O)N(Cc3ccccc3)[C@H](C(=O)NC3CCCCC3)[C@@]23C=C[C@H]1O3. The molecule has 2 saturated carbocycles. The van der Waals surface area contributed by atoms with E-state index in [9.17, 15) is 14.4 Å². The van der Waals surface area contributed by atoms with Gasteiger partial charge in [0.05, 0.1) is 17.9 Å². The molecule has 2 saturated heterocycles. The van der Waals surface area contributed by atoms with Crippen LogP contribution in [0.2, 0.25) is 0 Å². The summed E-state index contributed by atoms with van der Waals surface area (Å²) in [5, 5.41) is 6.29. The Morgan fingerprint density at radius 2 is 1.67 bits per heavy atom. The van der Waals surface area contributed by atoms with Crippen LogP contribution in [-0.4, -0.2) is 52.5 Å². The van der Waals surface area contributed by atoms with Crippen LogP contribution in [0.25, 0.3) is 0 Å². The van der Waals surface area contributed by atoms with Crippen molar-refractivity contribution in [2.45, 2.75) is 81.3 Å². The van der Waals surface area contributed by atoms with Gasteiger partial charge in [-0.15, -0.1) is 0 Å². The normalized spacial score (nSPS) is 35.0. The van der Waals surface area contributed by atoms with E-state index >= 15 is 0 Å². The number of hydrogen-bond acceptors (Lipinski definition) is 4. The van der Waals surface area contributed by atoms with Crippen molar-refractivity contribution in [1.29, 1.82) is 0 Å². The number of rotatable bonds is 6. The van der Waals surface area contributed by atoms with E-state index in [-0.39, 0.29) is 29.8 Å². The Kier molecular flexibility index (Phi) is 5.05. The van der Waals surface area contributed by atoms with Crippen LogP contribution in [0.3, 0.4) is 0 Å². The van der Waals surface area contributed by atoms with E-state index in [1.54, 1.807) is 4.90 Å². The molecule has 3 amide bonds. The molecule has 7 nitrogen and oxygen atoms in total. The second-order valence-electron chi connectivity index (χ2n) is 10.3. The lowest BCUT2D eigenvalue weighted by Crippen LogP contribution is -2.56. The first-order valence-electron chi connectivity index (χ1n) is 12.4. The number of hydrogen-bond donors (Lipinski definition) is 2. The summed E-state index contributed by atoms with van der Waals surface area (Å²) in [6, 6.07) is 9.27. The average molecular weight is 450 g/mol. The third-order valence-corrected chi connectivity index (χ3v) is 8.00. The van der Waals surface area contributed by atoms with Crippen LogP contribution in [0.15, 0.2) is 42.5 Å². The number of fused-ring (bicyclic) bond motifs is 1. The Hall–Kier alpha value is -2.67. The maximum atomic E-state index is 13.9. The molecule has 2 N–H and O–H groups in total. The Balaban J connectivity index is 1.33. The number of nitrogens with zero attached hydrogens (tertiary/aromatic N) is 1. The highest BCUT2D eigenvalue weighted by molar-refractivity contribution is 6.00. The first-order valence-corrected chi connectivity index (χ1v) is 12.4. The predicted octanol–water partition coefficient (Wildman–Crippen LogP) is 2.06. The molecule has 7 heteroatoms. The topological polar surface area (TPSA) is 87.7 Å². The number of benzene rings is 1. The highest BCUT2D eigenvalue weighted by Gasteiger charge is 2.72. The minimum atomic E-state index is -1.08. The Morgan fingerprint density at radius 3 is 2.39 bits per heavy atom. The number of carbonyl (C=O) groups excluding carboxylic acids is 3. The third-order valence-electron chi connectivity index (χ3n) is 8.00. The van der Waals surface area contributed by atoms with Gasteiger partial charge in [-0.25, -0.2) is 0 Å². The van der Waals surface area contributed by atoms with Gasteiger partial charge in [0.25, 0.3) is 0 Å². The van der Waals surface area contributed by atoms with Crippen molar-refractivity contribution < 1.29 is 19.1 Å². The number of amides is 3. The van der Waals surface area contributed by atoms with Crippen molar-refractivity contribution in [2.24, 2.45) is 11.8 Å². The highest BCUT2D eigenvalue weighted by atomic mass is 16.5. The molecule has 3 heterocycles. The molecule has 4 fully saturated rings. The monoisotopic (exact) mass is 449 g/mol. The lowest BCUT2D eigenvalue weighted by Gasteiger charge is -2.34. The standard InChI is InChI=1S/C26H31N3O4/c30-23(27-18-11-12-18)20-19-13-14-26(33-19)21(20)25(32)29(15-16-7-3-1-4-8-16)22(26)24(31)28-17-9-5-2-6-10-17/h1,3-4,7-8,13-14,17-22H,2,5-6,9-12,15H2,(H,27,30)(H,28,31)/t19-,20-,21+,22-,26-/m1/s1. The maximum absolute atomic E-state index is 13.9. The summed E-state index contributed by atoms with van der Waals surface area (Å²) < 4.78 is 6.39.